The average Bonchev–Trinajstić information content (AvgIpc) is 2.85. The highest BCUT2D eigenvalue weighted by Crippen LogP contribution is 2.52. The van der Waals surface area contributed by atoms with Crippen molar-refractivity contribution >= 4 is 11.8 Å². The fourth-order valence-corrected chi connectivity index (χ4v) is 7.04. The number of likely N-dealkylation sites (tertiary alicyclic amines) is 1. The van der Waals surface area contributed by atoms with Gasteiger partial charge in [-0.2, -0.15) is 11.8 Å². The summed E-state index contributed by atoms with van der Waals surface area (Å²) in [5, 5.41) is 10.6. The molecule has 0 spiro atoms. The standard InChI is InChI=1S/C22H35N3O2S/c1-21(2)10-17-11-22(3,14-21)15-25(17)13-18-20(27)19(26)9-16(23(18)4)12-24-5-7-28-8-6-24/h9,17,27H,5-8,10-15H2,1-4H3/t17-,22-/m0/s1. The Hall–Kier alpha value is -0.980. The average molecular weight is 406 g/mol. The molecule has 28 heavy (non-hydrogen) atoms. The summed E-state index contributed by atoms with van der Waals surface area (Å²) in [5.74, 6) is 2.25. The highest BCUT2D eigenvalue weighted by molar-refractivity contribution is 7.99. The Bertz CT molecular complexity index is 800. The van der Waals surface area contributed by atoms with Gasteiger partial charge in [-0.1, -0.05) is 20.8 Å². The van der Waals surface area contributed by atoms with Crippen LogP contribution in [0, 0.1) is 10.8 Å². The number of nitrogens with zero attached hydrogens (tertiary/aromatic N) is 3. The maximum Gasteiger partial charge on any atom is 0.223 e. The van der Waals surface area contributed by atoms with Gasteiger partial charge in [-0.3, -0.25) is 14.6 Å². The first-order valence-corrected chi connectivity index (χ1v) is 11.8. The molecule has 1 aromatic heterocycles. The molecule has 2 atom stereocenters. The van der Waals surface area contributed by atoms with Crippen LogP contribution in [0.25, 0.3) is 0 Å². The van der Waals surface area contributed by atoms with Gasteiger partial charge in [0.2, 0.25) is 5.43 Å². The minimum atomic E-state index is -0.233. The molecule has 4 rings (SSSR count). The summed E-state index contributed by atoms with van der Waals surface area (Å²) in [6.45, 7) is 11.8. The van der Waals surface area contributed by atoms with Crippen LogP contribution in [0.4, 0.5) is 0 Å². The van der Waals surface area contributed by atoms with E-state index in [1.54, 1.807) is 6.07 Å². The van der Waals surface area contributed by atoms with E-state index in [0.717, 1.165) is 49.1 Å². The van der Waals surface area contributed by atoms with Crippen LogP contribution in [0.5, 0.6) is 5.75 Å². The summed E-state index contributed by atoms with van der Waals surface area (Å²) >= 11 is 1.99. The molecule has 6 heteroatoms. The maximum atomic E-state index is 12.5. The number of hydrogen-bond acceptors (Lipinski definition) is 5. The van der Waals surface area contributed by atoms with E-state index in [0.29, 0.717) is 23.4 Å². The van der Waals surface area contributed by atoms with Crippen LogP contribution < -0.4 is 5.43 Å². The Labute approximate surface area is 173 Å². The summed E-state index contributed by atoms with van der Waals surface area (Å²) in [5.41, 5.74) is 2.28. The van der Waals surface area contributed by atoms with E-state index in [4.69, 9.17) is 0 Å². The second kappa shape index (κ2) is 7.37. The van der Waals surface area contributed by atoms with E-state index in [2.05, 4.69) is 35.1 Å². The number of fused-ring (bicyclic) bond motifs is 2. The van der Waals surface area contributed by atoms with Gasteiger partial charge < -0.3 is 9.67 Å². The van der Waals surface area contributed by atoms with E-state index in [9.17, 15) is 9.90 Å². The predicted octanol–water partition coefficient (Wildman–Crippen LogP) is 3.04. The third kappa shape index (κ3) is 4.01. The van der Waals surface area contributed by atoms with Crippen LogP contribution in [0.15, 0.2) is 10.9 Å². The van der Waals surface area contributed by atoms with Crippen molar-refractivity contribution in [2.24, 2.45) is 17.9 Å². The number of aromatic hydroxyl groups is 1. The lowest BCUT2D eigenvalue weighted by atomic mass is 9.65. The second-order valence-corrected chi connectivity index (χ2v) is 11.6. The summed E-state index contributed by atoms with van der Waals surface area (Å²) in [7, 11) is 2.01. The topological polar surface area (TPSA) is 48.7 Å². The summed E-state index contributed by atoms with van der Waals surface area (Å²) in [4.78, 5) is 17.5. The molecule has 0 radical (unpaired) electrons. The Morgan fingerprint density at radius 3 is 2.61 bits per heavy atom. The first-order valence-electron chi connectivity index (χ1n) is 10.6. The van der Waals surface area contributed by atoms with E-state index in [1.165, 1.54) is 19.3 Å². The molecule has 2 aliphatic heterocycles. The number of rotatable bonds is 4. The van der Waals surface area contributed by atoms with Crippen molar-refractivity contribution < 1.29 is 5.11 Å². The first-order chi connectivity index (χ1) is 13.2. The molecule has 1 aliphatic carbocycles. The molecule has 2 bridgehead atoms. The zero-order valence-electron chi connectivity index (χ0n) is 17.8. The molecule has 3 heterocycles. The molecule has 0 amide bonds. The van der Waals surface area contributed by atoms with Crippen LogP contribution in [0.1, 0.15) is 51.4 Å². The van der Waals surface area contributed by atoms with Crippen molar-refractivity contribution in [2.45, 2.75) is 59.2 Å². The van der Waals surface area contributed by atoms with Crippen molar-refractivity contribution in [1.82, 2.24) is 14.4 Å². The van der Waals surface area contributed by atoms with Crippen LogP contribution in [0.3, 0.4) is 0 Å². The van der Waals surface area contributed by atoms with Crippen LogP contribution in [-0.4, -0.2) is 56.7 Å². The quantitative estimate of drug-likeness (QED) is 0.834. The van der Waals surface area contributed by atoms with Gasteiger partial charge in [0.25, 0.3) is 0 Å². The van der Waals surface area contributed by atoms with Gasteiger partial charge in [-0.05, 0) is 30.1 Å². The molecule has 1 saturated carbocycles. The zero-order valence-corrected chi connectivity index (χ0v) is 18.6. The SMILES string of the molecule is Cn1c(CN2CCSCC2)cc(=O)c(O)c1CN1C[C@@]2(C)C[C@@H]1CC(C)(C)C2. The van der Waals surface area contributed by atoms with Crippen LogP contribution in [0.2, 0.25) is 0 Å². The van der Waals surface area contributed by atoms with Gasteiger partial charge in [0.1, 0.15) is 0 Å². The van der Waals surface area contributed by atoms with E-state index < -0.39 is 0 Å². The Morgan fingerprint density at radius 1 is 1.18 bits per heavy atom. The molecule has 1 aromatic rings. The molecule has 156 valence electrons. The van der Waals surface area contributed by atoms with Gasteiger partial charge in [0, 0.05) is 69.1 Å². The number of hydrogen-bond donors (Lipinski definition) is 1. The van der Waals surface area contributed by atoms with Gasteiger partial charge >= 0.3 is 0 Å². The number of pyridine rings is 1. The lowest BCUT2D eigenvalue weighted by Gasteiger charge is -2.40. The largest absolute Gasteiger partial charge is 0.503 e. The lowest BCUT2D eigenvalue weighted by molar-refractivity contribution is 0.126. The molecule has 3 aliphatic rings. The van der Waals surface area contributed by atoms with Crippen molar-refractivity contribution in [3.8, 4) is 5.75 Å². The van der Waals surface area contributed by atoms with Crippen molar-refractivity contribution in [3.05, 3.63) is 27.7 Å². The summed E-state index contributed by atoms with van der Waals surface area (Å²) < 4.78 is 2.08. The molecule has 0 aromatic carbocycles. The second-order valence-electron chi connectivity index (χ2n) is 10.4. The van der Waals surface area contributed by atoms with E-state index >= 15 is 0 Å². The fraction of sp³-hybridized carbons (Fsp3) is 0.773. The highest BCUT2D eigenvalue weighted by Gasteiger charge is 2.49. The van der Waals surface area contributed by atoms with E-state index in [1.807, 2.05) is 18.8 Å². The van der Waals surface area contributed by atoms with Gasteiger partial charge in [0.05, 0.1) is 5.69 Å². The molecule has 1 N–H and O–H groups in total. The Morgan fingerprint density at radius 2 is 1.89 bits per heavy atom. The molecule has 0 unspecified atom stereocenters. The first kappa shape index (κ1) is 20.3. The Balaban J connectivity index is 1.58. The molecular formula is C22H35N3O2S. The predicted molar refractivity (Wildman–Crippen MR) is 116 cm³/mol. The van der Waals surface area contributed by atoms with Crippen molar-refractivity contribution in [2.75, 3.05) is 31.1 Å². The zero-order chi connectivity index (χ0) is 20.1. The number of aromatic nitrogens is 1. The third-order valence-electron chi connectivity index (χ3n) is 7.01. The van der Waals surface area contributed by atoms with Gasteiger partial charge in [-0.25, -0.2) is 0 Å². The van der Waals surface area contributed by atoms with Gasteiger partial charge in [-0.15, -0.1) is 0 Å². The van der Waals surface area contributed by atoms with Gasteiger partial charge in [0.15, 0.2) is 5.75 Å². The molecular weight excluding hydrogens is 370 g/mol. The van der Waals surface area contributed by atoms with Crippen molar-refractivity contribution in [3.63, 3.8) is 0 Å². The molecule has 5 nitrogen and oxygen atoms in total. The number of thioether (sulfide) groups is 1. The van der Waals surface area contributed by atoms with Crippen LogP contribution in [-0.2, 0) is 20.1 Å². The maximum absolute atomic E-state index is 12.5. The molecule has 2 saturated heterocycles. The van der Waals surface area contributed by atoms with Crippen LogP contribution >= 0.6 is 11.8 Å². The lowest BCUT2D eigenvalue weighted by Crippen LogP contribution is -2.36. The highest BCUT2D eigenvalue weighted by atomic mass is 32.2. The Kier molecular flexibility index (Phi) is 5.34. The minimum absolute atomic E-state index is 0.0636. The fourth-order valence-electron chi connectivity index (χ4n) is 6.07. The van der Waals surface area contributed by atoms with E-state index in [-0.39, 0.29) is 11.2 Å². The molecule has 3 fully saturated rings. The monoisotopic (exact) mass is 405 g/mol. The minimum Gasteiger partial charge on any atom is -0.503 e. The summed E-state index contributed by atoms with van der Waals surface area (Å²) in [6.07, 6.45) is 3.68. The van der Waals surface area contributed by atoms with Crippen molar-refractivity contribution in [1.29, 1.82) is 0 Å². The normalized spacial score (nSPS) is 30.6. The third-order valence-corrected chi connectivity index (χ3v) is 7.95. The smallest absolute Gasteiger partial charge is 0.223 e. The summed E-state index contributed by atoms with van der Waals surface area (Å²) in [6, 6.07) is 2.18.